The lowest BCUT2D eigenvalue weighted by Gasteiger charge is -2.27. The molecule has 0 fully saturated rings. The second-order valence-corrected chi connectivity index (χ2v) is 5.42. The van der Waals surface area contributed by atoms with Crippen molar-refractivity contribution >= 4 is 11.8 Å². The van der Waals surface area contributed by atoms with Gasteiger partial charge in [-0.15, -0.1) is 0 Å². The van der Waals surface area contributed by atoms with E-state index in [0.29, 0.717) is 12.8 Å². The van der Waals surface area contributed by atoms with Crippen LogP contribution in [0, 0.1) is 0 Å². The number of nitrogens with one attached hydrogen (secondary N) is 1. The van der Waals surface area contributed by atoms with Gasteiger partial charge in [-0.25, -0.2) is 4.79 Å². The Morgan fingerprint density at radius 2 is 2.00 bits per heavy atom. The molecule has 4 heteroatoms. The second-order valence-electron chi connectivity index (χ2n) is 5.42. The lowest BCUT2D eigenvalue weighted by molar-refractivity contribution is -0.146. The van der Waals surface area contributed by atoms with Gasteiger partial charge in [0.05, 0.1) is 13.2 Å². The maximum Gasteiger partial charge on any atom is 0.330 e. The van der Waals surface area contributed by atoms with Crippen LogP contribution in [-0.2, 0) is 14.3 Å². The summed E-state index contributed by atoms with van der Waals surface area (Å²) in [5.74, 6) is -0.202. The summed E-state index contributed by atoms with van der Waals surface area (Å²) in [5, 5.41) is 3.30. The number of benzene rings is 1. The van der Waals surface area contributed by atoms with Gasteiger partial charge in [-0.3, -0.25) is 10.1 Å². The van der Waals surface area contributed by atoms with E-state index in [4.69, 9.17) is 4.74 Å². The fourth-order valence-corrected chi connectivity index (χ4v) is 3.26. The number of hydrogen-bond acceptors (Lipinski definition) is 4. The number of rotatable bonds is 2. The normalized spacial score (nSPS) is 28.7. The van der Waals surface area contributed by atoms with Crippen molar-refractivity contribution in [2.45, 2.75) is 31.3 Å². The minimum Gasteiger partial charge on any atom is -0.467 e. The van der Waals surface area contributed by atoms with Crippen LogP contribution in [0.15, 0.2) is 41.5 Å². The Hall–Kier alpha value is -1.94. The van der Waals surface area contributed by atoms with Crippen LogP contribution in [-0.4, -0.2) is 24.4 Å². The molecule has 4 nitrogen and oxygen atoms in total. The Bertz CT molecular complexity index is 605. The number of ether oxygens (including phenoxy) is 1. The molecule has 104 valence electrons. The average Bonchev–Trinajstić information content (AvgIpc) is 3.00. The van der Waals surface area contributed by atoms with E-state index >= 15 is 0 Å². The third kappa shape index (κ3) is 1.72. The number of esters is 1. The molecule has 0 amide bonds. The van der Waals surface area contributed by atoms with E-state index in [1.807, 2.05) is 30.3 Å². The largest absolute Gasteiger partial charge is 0.467 e. The Morgan fingerprint density at radius 3 is 2.65 bits per heavy atom. The van der Waals surface area contributed by atoms with Crippen LogP contribution in [0.4, 0.5) is 0 Å². The van der Waals surface area contributed by atoms with Crippen LogP contribution in [0.25, 0.3) is 0 Å². The minimum absolute atomic E-state index is 0.133. The Morgan fingerprint density at radius 1 is 1.30 bits per heavy atom. The van der Waals surface area contributed by atoms with E-state index < -0.39 is 5.54 Å². The monoisotopic (exact) mass is 271 g/mol. The zero-order chi connectivity index (χ0) is 14.3. The summed E-state index contributed by atoms with van der Waals surface area (Å²) in [5.41, 5.74) is 1.76. The first-order valence-electron chi connectivity index (χ1n) is 6.75. The van der Waals surface area contributed by atoms with Crippen molar-refractivity contribution < 1.29 is 14.3 Å². The SMILES string of the molecule is COC(=O)[C@]1(C)N[C@H](c2ccccc2)C2=C1CCC2=O. The molecule has 0 aromatic heterocycles. The van der Waals surface area contributed by atoms with Crippen molar-refractivity contribution in [2.75, 3.05) is 7.11 Å². The fourth-order valence-electron chi connectivity index (χ4n) is 3.26. The lowest BCUT2D eigenvalue weighted by atomic mass is 9.92. The summed E-state index contributed by atoms with van der Waals surface area (Å²) in [6.45, 7) is 1.80. The van der Waals surface area contributed by atoms with Gasteiger partial charge in [-0.2, -0.15) is 0 Å². The first-order chi connectivity index (χ1) is 9.58. The van der Waals surface area contributed by atoms with Crippen LogP contribution in [0.3, 0.4) is 0 Å². The predicted molar refractivity (Wildman–Crippen MR) is 74.0 cm³/mol. The van der Waals surface area contributed by atoms with Crippen molar-refractivity contribution in [1.82, 2.24) is 5.32 Å². The highest BCUT2D eigenvalue weighted by Gasteiger charge is 2.52. The molecule has 1 aromatic carbocycles. The van der Waals surface area contributed by atoms with E-state index in [-0.39, 0.29) is 17.8 Å². The predicted octanol–water partition coefficient (Wildman–Crippen LogP) is 1.92. The molecule has 20 heavy (non-hydrogen) atoms. The van der Waals surface area contributed by atoms with Gasteiger partial charge in [0.2, 0.25) is 0 Å². The van der Waals surface area contributed by atoms with Crippen LogP contribution < -0.4 is 5.32 Å². The first-order valence-corrected chi connectivity index (χ1v) is 6.75. The number of Topliss-reactive ketones (excluding diaryl/α,β-unsaturated/α-hetero) is 1. The van der Waals surface area contributed by atoms with E-state index in [1.165, 1.54) is 7.11 Å². The smallest absolute Gasteiger partial charge is 0.330 e. The van der Waals surface area contributed by atoms with Crippen LogP contribution in [0.5, 0.6) is 0 Å². The number of hydrogen-bond donors (Lipinski definition) is 1. The molecular weight excluding hydrogens is 254 g/mol. The first kappa shape index (κ1) is 13.1. The molecule has 1 heterocycles. The van der Waals surface area contributed by atoms with Crippen molar-refractivity contribution in [1.29, 1.82) is 0 Å². The average molecular weight is 271 g/mol. The molecule has 1 aliphatic heterocycles. The molecule has 0 spiro atoms. The van der Waals surface area contributed by atoms with Gasteiger partial charge in [0.15, 0.2) is 5.78 Å². The van der Waals surface area contributed by atoms with Crippen LogP contribution in [0.2, 0.25) is 0 Å². The number of carbonyl (C=O) groups is 2. The van der Waals surface area contributed by atoms with Gasteiger partial charge in [-0.1, -0.05) is 30.3 Å². The minimum atomic E-state index is -0.892. The molecule has 0 saturated heterocycles. The topological polar surface area (TPSA) is 55.4 Å². The van der Waals surface area contributed by atoms with E-state index in [2.05, 4.69) is 5.32 Å². The maximum atomic E-state index is 12.2. The molecule has 3 rings (SSSR count). The van der Waals surface area contributed by atoms with Crippen molar-refractivity contribution in [2.24, 2.45) is 0 Å². The number of methoxy groups -OCH3 is 1. The Balaban J connectivity index is 2.08. The maximum absolute atomic E-state index is 12.2. The molecule has 2 atom stereocenters. The van der Waals surface area contributed by atoms with Crippen molar-refractivity contribution in [3.63, 3.8) is 0 Å². The Labute approximate surface area is 117 Å². The van der Waals surface area contributed by atoms with Gasteiger partial charge in [0.25, 0.3) is 0 Å². The van der Waals surface area contributed by atoms with Crippen LogP contribution in [0.1, 0.15) is 31.4 Å². The molecule has 0 bridgehead atoms. The number of carbonyl (C=O) groups excluding carboxylic acids is 2. The summed E-state index contributed by atoms with van der Waals surface area (Å²) in [6, 6.07) is 9.53. The summed E-state index contributed by atoms with van der Waals surface area (Å²) in [7, 11) is 1.38. The van der Waals surface area contributed by atoms with Gasteiger partial charge in [0, 0.05) is 12.0 Å². The van der Waals surface area contributed by atoms with Gasteiger partial charge in [0.1, 0.15) is 5.54 Å². The Kier molecular flexibility index (Phi) is 2.98. The van der Waals surface area contributed by atoms with Crippen molar-refractivity contribution in [3.05, 3.63) is 47.0 Å². The summed E-state index contributed by atoms with van der Waals surface area (Å²) >= 11 is 0. The summed E-state index contributed by atoms with van der Waals surface area (Å²) < 4.78 is 4.92. The molecule has 0 unspecified atom stereocenters. The van der Waals surface area contributed by atoms with Crippen LogP contribution >= 0.6 is 0 Å². The van der Waals surface area contributed by atoms with E-state index in [1.54, 1.807) is 6.92 Å². The summed E-state index contributed by atoms with van der Waals surface area (Å²) in [4.78, 5) is 24.3. The lowest BCUT2D eigenvalue weighted by Crippen LogP contribution is -2.49. The highest BCUT2D eigenvalue weighted by Crippen LogP contribution is 2.45. The van der Waals surface area contributed by atoms with Crippen molar-refractivity contribution in [3.8, 4) is 0 Å². The highest BCUT2D eigenvalue weighted by atomic mass is 16.5. The van der Waals surface area contributed by atoms with Gasteiger partial charge < -0.3 is 4.74 Å². The zero-order valence-corrected chi connectivity index (χ0v) is 11.6. The van der Waals surface area contributed by atoms with Gasteiger partial charge in [-0.05, 0) is 24.5 Å². The summed E-state index contributed by atoms with van der Waals surface area (Å²) in [6.07, 6.45) is 1.12. The molecule has 0 radical (unpaired) electrons. The molecule has 1 N–H and O–H groups in total. The third-order valence-electron chi connectivity index (χ3n) is 4.28. The molecule has 1 aliphatic carbocycles. The number of ketones is 1. The zero-order valence-electron chi connectivity index (χ0n) is 11.6. The second kappa shape index (κ2) is 4.56. The molecule has 1 aromatic rings. The van der Waals surface area contributed by atoms with Gasteiger partial charge >= 0.3 is 5.97 Å². The molecular formula is C16H17NO3. The molecule has 2 aliphatic rings. The third-order valence-corrected chi connectivity index (χ3v) is 4.28. The quantitative estimate of drug-likeness (QED) is 0.835. The standard InChI is InChI=1S/C16H17NO3/c1-16(15(19)20-2)11-8-9-12(18)13(11)14(17-16)10-6-4-3-5-7-10/h3-7,14,17H,8-9H2,1-2H3/t14-,16-/m1/s1. The molecule has 0 saturated carbocycles. The van der Waals surface area contributed by atoms with E-state index in [0.717, 1.165) is 16.7 Å². The van der Waals surface area contributed by atoms with E-state index in [9.17, 15) is 9.59 Å². The fraction of sp³-hybridized carbons (Fsp3) is 0.375. The highest BCUT2D eigenvalue weighted by molar-refractivity contribution is 6.04.